The second-order valence-electron chi connectivity index (χ2n) is 7.07. The van der Waals surface area contributed by atoms with Gasteiger partial charge in [0.15, 0.2) is 5.82 Å². The first-order valence-electron chi connectivity index (χ1n) is 9.31. The normalized spacial score (nSPS) is 16.1. The molecule has 0 saturated carbocycles. The van der Waals surface area contributed by atoms with Crippen molar-refractivity contribution in [2.75, 3.05) is 11.1 Å². The Kier molecular flexibility index (Phi) is 3.79. The number of imidazole rings is 1. The van der Waals surface area contributed by atoms with E-state index in [-0.39, 0.29) is 0 Å². The lowest BCUT2D eigenvalue weighted by Gasteiger charge is -2.40. The number of hydrogen-bond donors (Lipinski definition) is 0. The maximum Gasteiger partial charge on any atom is 0.221 e. The van der Waals surface area contributed by atoms with Gasteiger partial charge < -0.3 is 9.13 Å². The van der Waals surface area contributed by atoms with Gasteiger partial charge in [-0.2, -0.15) is 0 Å². The van der Waals surface area contributed by atoms with Crippen LogP contribution in [-0.4, -0.2) is 34.3 Å². The molecule has 5 rings (SSSR count). The van der Waals surface area contributed by atoms with E-state index in [9.17, 15) is 0 Å². The van der Waals surface area contributed by atoms with Crippen LogP contribution in [0.15, 0.2) is 73.3 Å². The van der Waals surface area contributed by atoms with Crippen LogP contribution in [0.4, 0.5) is 5.82 Å². The van der Waals surface area contributed by atoms with Crippen LogP contribution in [0.2, 0.25) is 6.04 Å². The maximum absolute atomic E-state index is 4.56. The number of aromatic nitrogens is 4. The fraction of sp³-hybridized carbons (Fsp3) is 0.190. The summed E-state index contributed by atoms with van der Waals surface area (Å²) in [6.07, 6.45) is 4.65. The molecule has 0 aromatic heterocycles. The second-order valence-corrected chi connectivity index (χ2v) is 11.0. The van der Waals surface area contributed by atoms with E-state index in [0.29, 0.717) is 0 Å². The minimum absolute atomic E-state index is 0.721. The SMILES string of the molecule is Cn1cnc2ncnc-2c1N1CCC[Si]1(c1ccccc1)c1ccccc1. The summed E-state index contributed by atoms with van der Waals surface area (Å²) in [5.41, 5.74) is 0.894. The molecule has 0 amide bonds. The highest BCUT2D eigenvalue weighted by Gasteiger charge is 2.49. The topological polar surface area (TPSA) is 46.8 Å². The van der Waals surface area contributed by atoms with Crippen LogP contribution in [-0.2, 0) is 7.05 Å². The van der Waals surface area contributed by atoms with Crippen molar-refractivity contribution in [3.63, 3.8) is 0 Å². The number of rotatable bonds is 3. The summed E-state index contributed by atoms with van der Waals surface area (Å²) >= 11 is 0. The molecule has 0 aliphatic carbocycles. The molecule has 0 radical (unpaired) electrons. The van der Waals surface area contributed by atoms with Gasteiger partial charge in [0.2, 0.25) is 8.24 Å². The summed E-state index contributed by atoms with van der Waals surface area (Å²) in [6, 6.07) is 23.2. The minimum atomic E-state index is -2.16. The molecule has 3 heterocycles. The Morgan fingerprint density at radius 1 is 0.852 bits per heavy atom. The fourth-order valence-electron chi connectivity index (χ4n) is 4.49. The van der Waals surface area contributed by atoms with Crippen LogP contribution >= 0.6 is 0 Å². The highest BCUT2D eigenvalue weighted by atomic mass is 28.3. The van der Waals surface area contributed by atoms with Crippen molar-refractivity contribution in [1.29, 1.82) is 0 Å². The molecule has 1 saturated heterocycles. The van der Waals surface area contributed by atoms with Gasteiger partial charge in [0, 0.05) is 13.6 Å². The van der Waals surface area contributed by atoms with Gasteiger partial charge in [-0.05, 0) is 22.8 Å². The third kappa shape index (κ3) is 2.40. The van der Waals surface area contributed by atoms with Gasteiger partial charge in [-0.25, -0.2) is 15.0 Å². The Hall–Kier alpha value is -2.99. The first kappa shape index (κ1) is 16.2. The lowest BCUT2D eigenvalue weighted by molar-refractivity contribution is 0.828. The van der Waals surface area contributed by atoms with Crippen molar-refractivity contribution < 1.29 is 0 Å². The zero-order chi connectivity index (χ0) is 18.3. The number of fused-ring (bicyclic) bond motifs is 1. The summed E-state index contributed by atoms with van der Waals surface area (Å²) in [5, 5.41) is 2.89. The lowest BCUT2D eigenvalue weighted by atomic mass is 10.3. The van der Waals surface area contributed by atoms with Crippen LogP contribution < -0.4 is 14.9 Å². The van der Waals surface area contributed by atoms with Crippen LogP contribution in [0, 0.1) is 0 Å². The van der Waals surface area contributed by atoms with Crippen molar-refractivity contribution >= 4 is 24.4 Å². The van der Waals surface area contributed by atoms with E-state index in [4.69, 9.17) is 0 Å². The molecule has 2 aromatic carbocycles. The van der Waals surface area contributed by atoms with E-state index in [1.807, 2.05) is 6.33 Å². The zero-order valence-corrected chi connectivity index (χ0v) is 16.3. The molecule has 5 nitrogen and oxygen atoms in total. The van der Waals surface area contributed by atoms with Crippen molar-refractivity contribution in [2.45, 2.75) is 12.5 Å². The summed E-state index contributed by atoms with van der Waals surface area (Å²) in [5.74, 6) is 1.85. The number of nitrogens with zero attached hydrogens (tertiary/aromatic N) is 5. The second kappa shape index (κ2) is 6.31. The van der Waals surface area contributed by atoms with Crippen molar-refractivity contribution in [3.05, 3.63) is 73.3 Å². The molecule has 6 heteroatoms. The number of aryl methyl sites for hydroxylation is 1. The monoisotopic (exact) mass is 371 g/mol. The quantitative estimate of drug-likeness (QED) is 0.519. The smallest absolute Gasteiger partial charge is 0.221 e. The summed E-state index contributed by atoms with van der Waals surface area (Å²) in [4.78, 5) is 13.3. The van der Waals surface area contributed by atoms with Gasteiger partial charge >= 0.3 is 0 Å². The summed E-state index contributed by atoms with van der Waals surface area (Å²) in [6.45, 7) is 1.02. The van der Waals surface area contributed by atoms with E-state index in [1.165, 1.54) is 22.8 Å². The molecule has 0 atom stereocenters. The molecular formula is C21H21N5Si. The maximum atomic E-state index is 4.56. The average molecular weight is 372 g/mol. The molecule has 2 aromatic rings. The number of hydrogen-bond acceptors (Lipinski definition) is 4. The highest BCUT2D eigenvalue weighted by molar-refractivity contribution is 7.05. The van der Waals surface area contributed by atoms with E-state index in [0.717, 1.165) is 23.9 Å². The third-order valence-electron chi connectivity index (χ3n) is 5.62. The van der Waals surface area contributed by atoms with E-state index >= 15 is 0 Å². The predicted octanol–water partition coefficient (Wildman–Crippen LogP) is 2.28. The Morgan fingerprint density at radius 3 is 2.19 bits per heavy atom. The van der Waals surface area contributed by atoms with Gasteiger partial charge in [0.1, 0.15) is 17.8 Å². The van der Waals surface area contributed by atoms with Gasteiger partial charge in [-0.15, -0.1) is 0 Å². The zero-order valence-electron chi connectivity index (χ0n) is 15.3. The molecule has 27 heavy (non-hydrogen) atoms. The van der Waals surface area contributed by atoms with Crippen molar-refractivity contribution in [1.82, 2.24) is 19.5 Å². The fourth-order valence-corrected chi connectivity index (χ4v) is 9.62. The van der Waals surface area contributed by atoms with Gasteiger partial charge in [-0.1, -0.05) is 60.7 Å². The largest absolute Gasteiger partial charge is 0.374 e. The Balaban J connectivity index is 1.78. The first-order valence-corrected chi connectivity index (χ1v) is 11.5. The molecule has 3 aliphatic rings. The van der Waals surface area contributed by atoms with Crippen molar-refractivity contribution in [3.8, 4) is 11.5 Å². The number of benzene rings is 2. The molecule has 3 aliphatic heterocycles. The van der Waals surface area contributed by atoms with E-state index < -0.39 is 8.24 Å². The molecular weight excluding hydrogens is 350 g/mol. The Morgan fingerprint density at radius 2 is 1.52 bits per heavy atom. The Bertz CT molecular complexity index is 991. The van der Waals surface area contributed by atoms with Gasteiger partial charge in [-0.3, -0.25) is 0 Å². The molecule has 0 unspecified atom stereocenters. The first-order chi connectivity index (χ1) is 13.3. The van der Waals surface area contributed by atoms with E-state index in [1.54, 1.807) is 6.33 Å². The predicted molar refractivity (Wildman–Crippen MR) is 110 cm³/mol. The number of anilines is 1. The summed E-state index contributed by atoms with van der Waals surface area (Å²) in [7, 11) is -0.100. The van der Waals surface area contributed by atoms with Crippen LogP contribution in [0.5, 0.6) is 0 Å². The molecule has 0 N–H and O–H groups in total. The van der Waals surface area contributed by atoms with Crippen LogP contribution in [0.25, 0.3) is 11.5 Å². The van der Waals surface area contributed by atoms with Gasteiger partial charge in [0.25, 0.3) is 0 Å². The molecule has 134 valence electrons. The third-order valence-corrected chi connectivity index (χ3v) is 10.6. The highest BCUT2D eigenvalue weighted by Crippen LogP contribution is 2.36. The van der Waals surface area contributed by atoms with Crippen LogP contribution in [0.1, 0.15) is 6.42 Å². The van der Waals surface area contributed by atoms with Crippen molar-refractivity contribution in [2.24, 2.45) is 7.05 Å². The average Bonchev–Trinajstić information content (AvgIpc) is 3.37. The lowest BCUT2D eigenvalue weighted by Crippen LogP contribution is -2.68. The van der Waals surface area contributed by atoms with Crippen LogP contribution in [0.3, 0.4) is 0 Å². The van der Waals surface area contributed by atoms with E-state index in [2.05, 4.69) is 91.8 Å². The summed E-state index contributed by atoms with van der Waals surface area (Å²) < 4.78 is 4.74. The molecule has 0 bridgehead atoms. The minimum Gasteiger partial charge on any atom is -0.374 e. The molecule has 0 spiro atoms. The Labute approximate surface area is 159 Å². The molecule has 1 fully saturated rings. The van der Waals surface area contributed by atoms with Gasteiger partial charge in [0.05, 0.1) is 6.33 Å². The standard InChI is InChI=1S/C21H21N5Si/c1-25-16-24-20-19(22-15-23-20)21(25)26-13-8-14-27(26,17-9-4-2-5-10-17)18-11-6-3-7-12-18/h2-7,9-12,15-16H,8,13-14H2,1H3.